The van der Waals surface area contributed by atoms with Gasteiger partial charge in [0, 0.05) is 44.1 Å². The van der Waals surface area contributed by atoms with Crippen LogP contribution in [0.1, 0.15) is 105 Å². The number of pyridine rings is 1. The van der Waals surface area contributed by atoms with Crippen LogP contribution in [0.2, 0.25) is 0 Å². The van der Waals surface area contributed by atoms with Gasteiger partial charge in [0.05, 0.1) is 22.3 Å². The minimum absolute atomic E-state index is 0. The molecule has 2 aromatic heterocycles. The van der Waals surface area contributed by atoms with E-state index in [-0.39, 0.29) is 43.1 Å². The van der Waals surface area contributed by atoms with Crippen molar-refractivity contribution in [3.05, 3.63) is 229 Å². The first kappa shape index (κ1) is 55.0. The second kappa shape index (κ2) is 20.6. The van der Waals surface area contributed by atoms with Crippen molar-refractivity contribution in [2.75, 3.05) is 0 Å². The van der Waals surface area contributed by atoms with Gasteiger partial charge in [0.2, 0.25) is 0 Å². The van der Waals surface area contributed by atoms with Crippen LogP contribution < -0.4 is 0 Å². The molecule has 0 fully saturated rings. The van der Waals surface area contributed by atoms with Crippen LogP contribution in [0, 0.1) is 6.07 Å². The molecule has 11 aromatic rings. The zero-order chi connectivity index (χ0) is 56.0. The van der Waals surface area contributed by atoms with Gasteiger partial charge in [-0.2, -0.15) is 0 Å². The Morgan fingerprint density at radius 3 is 1.46 bits per heavy atom. The Hall–Kier alpha value is -7.91. The van der Waals surface area contributed by atoms with Gasteiger partial charge in [0.1, 0.15) is 11.6 Å². The third-order valence-electron chi connectivity index (χ3n) is 16.2. The molecule has 0 bridgehead atoms. The number of hydrogen-bond donors (Lipinski definition) is 1. The Bertz CT molecular complexity index is 4210. The number of imidazole rings is 1. The third kappa shape index (κ3) is 10.0. The van der Waals surface area contributed by atoms with Crippen LogP contribution in [0.5, 0.6) is 5.75 Å². The standard InChI is InChI=1S/C76H70N3O.Pt/c1-73(2,3)52-35-36-66(61(43-52)48-27-17-14-18-28-48)79-67-46-62-59-33-22-21-31-57(59)55-29-19-20-30-56(55)58-32-23-24-34-60(58)69(62)68(70(67)78-72(79)63-44-54(75(7,8)9)45-64(71(63)80)76(10,11)12)51-39-50(40-53(41-51)74(4,5)6)65-42-49(37-38-77-65)47-25-15-13-16-26-47;/h13-38,40-46,80H,1-12H3;/q-1;. The topological polar surface area (TPSA) is 50.9 Å². The van der Waals surface area contributed by atoms with Gasteiger partial charge in [-0.3, -0.25) is 9.55 Å². The molecule has 0 saturated carbocycles. The molecule has 0 unspecified atom stereocenters. The van der Waals surface area contributed by atoms with E-state index in [4.69, 9.17) is 9.97 Å². The molecule has 12 rings (SSSR count). The molecule has 81 heavy (non-hydrogen) atoms. The van der Waals surface area contributed by atoms with E-state index in [0.29, 0.717) is 11.4 Å². The molecule has 4 nitrogen and oxygen atoms in total. The maximum Gasteiger partial charge on any atom is 0.148 e. The molecule has 0 radical (unpaired) electrons. The summed E-state index contributed by atoms with van der Waals surface area (Å²) in [6.45, 7) is 27.0. The van der Waals surface area contributed by atoms with Crippen LogP contribution >= 0.6 is 0 Å². The Morgan fingerprint density at radius 1 is 0.395 bits per heavy atom. The van der Waals surface area contributed by atoms with E-state index < -0.39 is 5.41 Å². The van der Waals surface area contributed by atoms with Crippen LogP contribution in [0.3, 0.4) is 0 Å². The van der Waals surface area contributed by atoms with E-state index in [9.17, 15) is 5.11 Å². The molecule has 2 heterocycles. The van der Waals surface area contributed by atoms with Crippen LogP contribution in [0.15, 0.2) is 200 Å². The van der Waals surface area contributed by atoms with Crippen LogP contribution in [0.25, 0.3) is 117 Å². The summed E-state index contributed by atoms with van der Waals surface area (Å²) < 4.78 is 2.36. The fourth-order valence-corrected chi connectivity index (χ4v) is 11.8. The minimum atomic E-state index is -0.395. The van der Waals surface area contributed by atoms with E-state index in [1.807, 2.05) is 6.20 Å². The minimum Gasteiger partial charge on any atom is -0.507 e. The predicted octanol–water partition coefficient (Wildman–Crippen LogP) is 20.4. The average molecular weight is 1240 g/mol. The molecule has 406 valence electrons. The Labute approximate surface area is 494 Å². The summed E-state index contributed by atoms with van der Waals surface area (Å²) >= 11 is 0. The van der Waals surface area contributed by atoms with Gasteiger partial charge in [-0.15, -0.1) is 29.3 Å². The number of hydrogen-bond acceptors (Lipinski definition) is 3. The van der Waals surface area contributed by atoms with Crippen molar-refractivity contribution >= 4 is 11.0 Å². The molecule has 1 aliphatic carbocycles. The zero-order valence-corrected chi connectivity index (χ0v) is 50.9. The first-order chi connectivity index (χ1) is 38.1. The van der Waals surface area contributed by atoms with Crippen LogP contribution in [0.4, 0.5) is 0 Å². The fourth-order valence-electron chi connectivity index (χ4n) is 11.8. The summed E-state index contributed by atoms with van der Waals surface area (Å²) in [5.41, 5.74) is 23.6. The Balaban J connectivity index is 0.00000690. The monoisotopic (exact) mass is 1240 g/mol. The van der Waals surface area contributed by atoms with Crippen molar-refractivity contribution in [3.63, 3.8) is 0 Å². The average Bonchev–Trinajstić information content (AvgIpc) is 4.11. The smallest absolute Gasteiger partial charge is 0.148 e. The third-order valence-corrected chi connectivity index (χ3v) is 16.2. The van der Waals surface area contributed by atoms with Gasteiger partial charge in [-0.05, 0) is 130 Å². The molecular formula is C76H70N3OPt-. The molecule has 9 aromatic carbocycles. The van der Waals surface area contributed by atoms with Crippen molar-refractivity contribution in [1.29, 1.82) is 0 Å². The van der Waals surface area contributed by atoms with Crippen molar-refractivity contribution in [3.8, 4) is 112 Å². The quantitative estimate of drug-likeness (QED) is 0.169. The number of phenolic OH excluding ortho intramolecular Hbond substituents is 1. The van der Waals surface area contributed by atoms with E-state index in [1.165, 1.54) is 16.7 Å². The Morgan fingerprint density at radius 2 is 0.889 bits per heavy atom. The zero-order valence-electron chi connectivity index (χ0n) is 48.7. The van der Waals surface area contributed by atoms with Crippen molar-refractivity contribution in [1.82, 2.24) is 14.5 Å². The number of nitrogens with zero attached hydrogens (tertiary/aromatic N) is 3. The maximum absolute atomic E-state index is 13.2. The largest absolute Gasteiger partial charge is 0.507 e. The number of aromatic hydroxyl groups is 1. The van der Waals surface area contributed by atoms with Crippen molar-refractivity contribution in [2.45, 2.75) is 105 Å². The molecule has 0 saturated heterocycles. The summed E-state index contributed by atoms with van der Waals surface area (Å²) in [6, 6.07) is 74.7. The molecular weight excluding hydrogens is 1170 g/mol. The van der Waals surface area contributed by atoms with Gasteiger partial charge in [-0.1, -0.05) is 240 Å². The molecule has 0 amide bonds. The molecule has 1 N–H and O–H groups in total. The number of aromatic nitrogens is 3. The molecule has 0 aliphatic heterocycles. The second-order valence-corrected chi connectivity index (χ2v) is 26.0. The van der Waals surface area contributed by atoms with E-state index in [1.54, 1.807) is 0 Å². The SMILES string of the molecule is CC(C)(C)c1cc(-c2cc(-c3ccccc3)ccn2)[c-]c(-c2c3c(cc4c2nc(-c2cc(C(C)(C)C)cc(C(C)(C)C)c2O)n4-c2ccc(C(C)(C)C)cc2-c2ccccc2)-c2ccccc2-c2ccccc2-c2ccccc2-3)c1.[Pt]. The summed E-state index contributed by atoms with van der Waals surface area (Å²) in [5, 5.41) is 13.2. The van der Waals surface area contributed by atoms with Crippen molar-refractivity contribution in [2.24, 2.45) is 0 Å². The fraction of sp³-hybridized carbons (Fsp3) is 0.211. The second-order valence-electron chi connectivity index (χ2n) is 26.0. The van der Waals surface area contributed by atoms with Gasteiger partial charge < -0.3 is 5.11 Å². The number of rotatable bonds is 6. The van der Waals surface area contributed by atoms with Crippen molar-refractivity contribution < 1.29 is 26.2 Å². The molecule has 1 aliphatic rings. The number of phenols is 1. The van der Waals surface area contributed by atoms with Gasteiger partial charge >= 0.3 is 0 Å². The van der Waals surface area contributed by atoms with E-state index >= 15 is 0 Å². The van der Waals surface area contributed by atoms with Crippen LogP contribution in [-0.2, 0) is 42.7 Å². The number of benzene rings is 9. The summed E-state index contributed by atoms with van der Waals surface area (Å²) in [4.78, 5) is 11.2. The van der Waals surface area contributed by atoms with Gasteiger partial charge in [-0.25, -0.2) is 4.98 Å². The van der Waals surface area contributed by atoms with E-state index in [2.05, 4.69) is 288 Å². The summed E-state index contributed by atoms with van der Waals surface area (Å²) in [5.74, 6) is 0.886. The predicted molar refractivity (Wildman–Crippen MR) is 337 cm³/mol. The first-order valence-electron chi connectivity index (χ1n) is 28.2. The summed E-state index contributed by atoms with van der Waals surface area (Å²) in [6.07, 6.45) is 1.92. The summed E-state index contributed by atoms with van der Waals surface area (Å²) in [7, 11) is 0. The normalized spacial score (nSPS) is 12.4. The maximum atomic E-state index is 13.2. The molecule has 0 spiro atoms. The van der Waals surface area contributed by atoms with E-state index in [0.717, 1.165) is 111 Å². The first-order valence-corrected chi connectivity index (χ1v) is 28.2. The Kier molecular flexibility index (Phi) is 14.0. The van der Waals surface area contributed by atoms with Gasteiger partial charge in [0.25, 0.3) is 0 Å². The molecule has 5 heteroatoms. The van der Waals surface area contributed by atoms with Crippen LogP contribution in [-0.4, -0.2) is 19.6 Å². The van der Waals surface area contributed by atoms with Gasteiger partial charge in [0.15, 0.2) is 0 Å². The molecule has 0 atom stereocenters. The number of fused-ring (bicyclic) bond motifs is 9.